The number of ether oxygens (including phenoxy) is 1. The molecule has 0 spiro atoms. The van der Waals surface area contributed by atoms with Gasteiger partial charge >= 0.3 is 0 Å². The van der Waals surface area contributed by atoms with Gasteiger partial charge in [0, 0.05) is 12.0 Å². The number of nitrogens with zero attached hydrogens (tertiary/aromatic N) is 2. The molecule has 0 saturated carbocycles. The van der Waals surface area contributed by atoms with Crippen LogP contribution in [0.5, 0.6) is 5.75 Å². The van der Waals surface area contributed by atoms with Gasteiger partial charge in [-0.2, -0.15) is 5.10 Å². The zero-order valence-corrected chi connectivity index (χ0v) is 10.5. The smallest absolute Gasteiger partial charge is 0.158 e. The zero-order chi connectivity index (χ0) is 12.4. The first-order chi connectivity index (χ1) is 8.88. The van der Waals surface area contributed by atoms with E-state index >= 15 is 0 Å². The molecular weight excluding hydrogens is 226 g/mol. The second kappa shape index (κ2) is 4.80. The van der Waals surface area contributed by atoms with Gasteiger partial charge < -0.3 is 4.74 Å². The summed E-state index contributed by atoms with van der Waals surface area (Å²) in [7, 11) is 0. The topological polar surface area (TPSA) is 50.8 Å². The number of hydrogen-bond acceptors (Lipinski definition) is 3. The minimum absolute atomic E-state index is 0.261. The Morgan fingerprint density at radius 1 is 1.39 bits per heavy atom. The third-order valence-corrected chi connectivity index (χ3v) is 3.31. The van der Waals surface area contributed by atoms with Gasteiger partial charge in [-0.25, -0.2) is 4.98 Å². The van der Waals surface area contributed by atoms with E-state index in [0.29, 0.717) is 0 Å². The summed E-state index contributed by atoms with van der Waals surface area (Å²) in [5.41, 5.74) is 1.20. The van der Waals surface area contributed by atoms with Gasteiger partial charge in [0.05, 0.1) is 12.5 Å². The molecule has 4 heteroatoms. The summed E-state index contributed by atoms with van der Waals surface area (Å²) in [5, 5.41) is 7.40. The molecule has 0 aliphatic carbocycles. The van der Waals surface area contributed by atoms with Crippen LogP contribution < -0.4 is 4.74 Å². The Hall–Kier alpha value is -1.84. The number of rotatable bonds is 3. The Bertz CT molecular complexity index is 535. The largest absolute Gasteiger partial charge is 0.493 e. The van der Waals surface area contributed by atoms with Crippen molar-refractivity contribution in [2.24, 2.45) is 0 Å². The number of para-hydroxylation sites is 1. The quantitative estimate of drug-likeness (QED) is 0.901. The van der Waals surface area contributed by atoms with Crippen molar-refractivity contribution in [1.29, 1.82) is 0 Å². The van der Waals surface area contributed by atoms with E-state index in [1.165, 1.54) is 5.56 Å². The van der Waals surface area contributed by atoms with Gasteiger partial charge in [0.15, 0.2) is 5.82 Å². The summed E-state index contributed by atoms with van der Waals surface area (Å²) in [6.45, 7) is 2.88. The summed E-state index contributed by atoms with van der Waals surface area (Å²) in [4.78, 5) is 4.60. The summed E-state index contributed by atoms with van der Waals surface area (Å²) >= 11 is 0. The molecule has 1 N–H and O–H groups in total. The molecule has 1 aromatic heterocycles. The summed E-state index contributed by atoms with van der Waals surface area (Å²) in [5.74, 6) is 3.11. The molecule has 1 aliphatic heterocycles. The van der Waals surface area contributed by atoms with E-state index in [9.17, 15) is 0 Å². The van der Waals surface area contributed by atoms with E-state index in [1.807, 2.05) is 18.2 Å². The summed E-state index contributed by atoms with van der Waals surface area (Å²) in [6.07, 6.45) is 2.98. The van der Waals surface area contributed by atoms with Crippen LogP contribution in [0.2, 0.25) is 0 Å². The average Bonchev–Trinajstić information content (AvgIpc) is 2.87. The SMILES string of the molecule is CCCc1nc(C2CCOc3ccccc32)n[nH]1. The lowest BCUT2D eigenvalue weighted by molar-refractivity contribution is 0.274. The highest BCUT2D eigenvalue weighted by molar-refractivity contribution is 5.40. The average molecular weight is 243 g/mol. The standard InChI is InChI=1S/C14H17N3O/c1-2-5-13-15-14(17-16-13)11-8-9-18-12-7-4-3-6-10(11)12/h3-4,6-7,11H,2,5,8-9H2,1H3,(H,15,16,17). The molecule has 0 amide bonds. The molecule has 18 heavy (non-hydrogen) atoms. The van der Waals surface area contributed by atoms with Crippen LogP contribution in [-0.2, 0) is 6.42 Å². The summed E-state index contributed by atoms with van der Waals surface area (Å²) < 4.78 is 5.66. The first kappa shape index (κ1) is 11.3. The van der Waals surface area contributed by atoms with Crippen LogP contribution in [0.1, 0.15) is 42.9 Å². The van der Waals surface area contributed by atoms with Crippen LogP contribution in [0.3, 0.4) is 0 Å². The number of hydrogen-bond donors (Lipinski definition) is 1. The van der Waals surface area contributed by atoms with Crippen molar-refractivity contribution in [3.8, 4) is 5.75 Å². The predicted molar refractivity (Wildman–Crippen MR) is 68.8 cm³/mol. The lowest BCUT2D eigenvalue weighted by Crippen LogP contribution is -2.16. The van der Waals surface area contributed by atoms with Gasteiger partial charge in [-0.1, -0.05) is 25.1 Å². The maximum Gasteiger partial charge on any atom is 0.158 e. The minimum Gasteiger partial charge on any atom is -0.493 e. The third kappa shape index (κ3) is 1.98. The number of H-pyrrole nitrogens is 1. The molecule has 94 valence electrons. The monoisotopic (exact) mass is 243 g/mol. The maximum atomic E-state index is 5.66. The van der Waals surface area contributed by atoms with Crippen molar-refractivity contribution < 1.29 is 4.74 Å². The van der Waals surface area contributed by atoms with Crippen LogP contribution >= 0.6 is 0 Å². The zero-order valence-electron chi connectivity index (χ0n) is 10.5. The van der Waals surface area contributed by atoms with E-state index in [-0.39, 0.29) is 5.92 Å². The molecule has 1 atom stereocenters. The van der Waals surface area contributed by atoms with Crippen molar-refractivity contribution in [1.82, 2.24) is 15.2 Å². The number of aromatic nitrogens is 3. The molecule has 0 radical (unpaired) electrons. The Kier molecular flexibility index (Phi) is 3.00. The molecule has 0 bridgehead atoms. The van der Waals surface area contributed by atoms with E-state index in [1.54, 1.807) is 0 Å². The fourth-order valence-electron chi connectivity index (χ4n) is 2.42. The minimum atomic E-state index is 0.261. The van der Waals surface area contributed by atoms with E-state index in [0.717, 1.165) is 43.3 Å². The fourth-order valence-corrected chi connectivity index (χ4v) is 2.42. The molecule has 1 unspecified atom stereocenters. The van der Waals surface area contributed by atoms with Crippen LogP contribution in [0.4, 0.5) is 0 Å². The van der Waals surface area contributed by atoms with E-state index in [2.05, 4.69) is 28.2 Å². The molecular formula is C14H17N3O. The van der Waals surface area contributed by atoms with Crippen molar-refractivity contribution in [3.05, 3.63) is 41.5 Å². The fraction of sp³-hybridized carbons (Fsp3) is 0.429. The molecule has 1 aliphatic rings. The number of aromatic amines is 1. The highest BCUT2D eigenvalue weighted by Gasteiger charge is 2.25. The highest BCUT2D eigenvalue weighted by Crippen LogP contribution is 2.36. The van der Waals surface area contributed by atoms with Gasteiger partial charge in [-0.3, -0.25) is 5.10 Å². The van der Waals surface area contributed by atoms with Crippen LogP contribution in [0, 0.1) is 0 Å². The Morgan fingerprint density at radius 2 is 2.28 bits per heavy atom. The molecule has 2 aromatic rings. The second-order valence-electron chi connectivity index (χ2n) is 4.62. The van der Waals surface area contributed by atoms with Gasteiger partial charge in [0.1, 0.15) is 11.6 Å². The Labute approximate surface area is 106 Å². The molecule has 3 rings (SSSR count). The number of fused-ring (bicyclic) bond motifs is 1. The molecule has 0 fully saturated rings. The van der Waals surface area contributed by atoms with Gasteiger partial charge in [0.2, 0.25) is 0 Å². The number of aryl methyl sites for hydroxylation is 1. The van der Waals surface area contributed by atoms with Gasteiger partial charge in [-0.15, -0.1) is 0 Å². The Balaban J connectivity index is 1.92. The van der Waals surface area contributed by atoms with Gasteiger partial charge in [-0.05, 0) is 18.9 Å². The molecule has 1 aromatic carbocycles. The van der Waals surface area contributed by atoms with Crippen molar-refractivity contribution in [3.63, 3.8) is 0 Å². The number of benzene rings is 1. The number of nitrogens with one attached hydrogen (secondary N) is 1. The molecule has 0 saturated heterocycles. The van der Waals surface area contributed by atoms with E-state index < -0.39 is 0 Å². The Morgan fingerprint density at radius 3 is 3.17 bits per heavy atom. The second-order valence-corrected chi connectivity index (χ2v) is 4.62. The normalized spacial score (nSPS) is 18.2. The van der Waals surface area contributed by atoms with Crippen molar-refractivity contribution >= 4 is 0 Å². The van der Waals surface area contributed by atoms with E-state index in [4.69, 9.17) is 4.74 Å². The van der Waals surface area contributed by atoms with Crippen molar-refractivity contribution in [2.75, 3.05) is 6.61 Å². The first-order valence-corrected chi connectivity index (χ1v) is 6.51. The first-order valence-electron chi connectivity index (χ1n) is 6.51. The maximum absolute atomic E-state index is 5.66. The summed E-state index contributed by atoms with van der Waals surface area (Å²) in [6, 6.07) is 8.16. The highest BCUT2D eigenvalue weighted by atomic mass is 16.5. The van der Waals surface area contributed by atoms with Crippen molar-refractivity contribution in [2.45, 2.75) is 32.1 Å². The van der Waals surface area contributed by atoms with Crippen LogP contribution in [0.15, 0.2) is 24.3 Å². The molecule has 4 nitrogen and oxygen atoms in total. The van der Waals surface area contributed by atoms with Crippen LogP contribution in [-0.4, -0.2) is 21.8 Å². The predicted octanol–water partition coefficient (Wildman–Crippen LogP) is 2.67. The van der Waals surface area contributed by atoms with Gasteiger partial charge in [0.25, 0.3) is 0 Å². The lowest BCUT2D eigenvalue weighted by Gasteiger charge is -2.23. The third-order valence-electron chi connectivity index (χ3n) is 3.31. The lowest BCUT2D eigenvalue weighted by atomic mass is 9.92. The van der Waals surface area contributed by atoms with Crippen LogP contribution in [0.25, 0.3) is 0 Å². The molecule has 2 heterocycles.